The minimum absolute atomic E-state index is 0.0641. The highest BCUT2D eigenvalue weighted by molar-refractivity contribution is 5.84. The van der Waals surface area contributed by atoms with Gasteiger partial charge < -0.3 is 14.2 Å². The van der Waals surface area contributed by atoms with E-state index in [0.29, 0.717) is 19.6 Å². The van der Waals surface area contributed by atoms with Gasteiger partial charge in [0.1, 0.15) is 5.78 Å². The van der Waals surface area contributed by atoms with Crippen LogP contribution in [0.15, 0.2) is 0 Å². The van der Waals surface area contributed by atoms with Crippen molar-refractivity contribution in [3.63, 3.8) is 0 Å². The van der Waals surface area contributed by atoms with E-state index in [4.69, 9.17) is 9.47 Å². The summed E-state index contributed by atoms with van der Waals surface area (Å²) >= 11 is 0. The molecule has 104 valence electrons. The number of esters is 1. The molecular formula is C13H22O5. The molecule has 1 aliphatic heterocycles. The number of rotatable bonds is 5. The van der Waals surface area contributed by atoms with Crippen LogP contribution in [0.3, 0.4) is 0 Å². The summed E-state index contributed by atoms with van der Waals surface area (Å²) < 4.78 is 15.7. The number of carbonyl (C=O) groups is 2. The standard InChI is InChI=1S/C13H22O5/c1-12(2,3)10(14)9-13(17-7-8-18-13)6-5-11(15)16-4/h5-9H2,1-4H3. The van der Waals surface area contributed by atoms with Crippen LogP contribution < -0.4 is 0 Å². The van der Waals surface area contributed by atoms with Gasteiger partial charge in [0.15, 0.2) is 5.79 Å². The SMILES string of the molecule is COC(=O)CCC1(CC(=O)C(C)(C)C)OCCO1. The van der Waals surface area contributed by atoms with E-state index in [1.165, 1.54) is 7.11 Å². The Morgan fingerprint density at radius 2 is 1.78 bits per heavy atom. The molecule has 0 spiro atoms. The Bertz CT molecular complexity index is 310. The van der Waals surface area contributed by atoms with E-state index in [0.717, 1.165) is 0 Å². The largest absolute Gasteiger partial charge is 0.469 e. The molecule has 5 nitrogen and oxygen atoms in total. The van der Waals surface area contributed by atoms with Gasteiger partial charge in [0.05, 0.1) is 33.2 Å². The Balaban J connectivity index is 2.63. The van der Waals surface area contributed by atoms with Crippen LogP contribution in [0.2, 0.25) is 0 Å². The third-order valence-electron chi connectivity index (χ3n) is 3.02. The molecule has 0 aromatic carbocycles. The molecule has 5 heteroatoms. The number of methoxy groups -OCH3 is 1. The summed E-state index contributed by atoms with van der Waals surface area (Å²) in [6, 6.07) is 0. The molecule has 1 rings (SSSR count). The normalized spacial score (nSPS) is 18.7. The van der Waals surface area contributed by atoms with E-state index in [1.54, 1.807) is 0 Å². The van der Waals surface area contributed by atoms with Gasteiger partial charge in [-0.15, -0.1) is 0 Å². The lowest BCUT2D eigenvalue weighted by Crippen LogP contribution is -2.37. The Morgan fingerprint density at radius 1 is 1.22 bits per heavy atom. The Morgan fingerprint density at radius 3 is 2.22 bits per heavy atom. The summed E-state index contributed by atoms with van der Waals surface area (Å²) in [5.41, 5.74) is -0.437. The van der Waals surface area contributed by atoms with Gasteiger partial charge in [-0.1, -0.05) is 20.8 Å². The van der Waals surface area contributed by atoms with Crippen LogP contribution in [0.25, 0.3) is 0 Å². The molecule has 0 radical (unpaired) electrons. The van der Waals surface area contributed by atoms with Crippen LogP contribution in [0.4, 0.5) is 0 Å². The smallest absolute Gasteiger partial charge is 0.305 e. The summed E-state index contributed by atoms with van der Waals surface area (Å²) in [5.74, 6) is -1.20. The highest BCUT2D eigenvalue weighted by atomic mass is 16.7. The minimum Gasteiger partial charge on any atom is -0.469 e. The van der Waals surface area contributed by atoms with Crippen LogP contribution in [0.5, 0.6) is 0 Å². The molecule has 1 heterocycles. The number of ketones is 1. The molecule has 0 unspecified atom stereocenters. The van der Waals surface area contributed by atoms with Gasteiger partial charge in [0.2, 0.25) is 0 Å². The average Bonchev–Trinajstić information content (AvgIpc) is 2.73. The maximum atomic E-state index is 12.1. The van der Waals surface area contributed by atoms with E-state index in [1.807, 2.05) is 20.8 Å². The number of hydrogen-bond donors (Lipinski definition) is 0. The first-order chi connectivity index (χ1) is 8.29. The van der Waals surface area contributed by atoms with Crippen molar-refractivity contribution in [3.8, 4) is 0 Å². The molecule has 0 aromatic rings. The first-order valence-corrected chi connectivity index (χ1v) is 6.17. The van der Waals surface area contributed by atoms with Crippen LogP contribution in [0.1, 0.15) is 40.0 Å². The predicted molar refractivity (Wildman–Crippen MR) is 65.0 cm³/mol. The Labute approximate surface area is 108 Å². The number of carbonyl (C=O) groups excluding carboxylic acids is 2. The zero-order chi connectivity index (χ0) is 13.8. The maximum Gasteiger partial charge on any atom is 0.305 e. The number of Topliss-reactive ketones (excluding diaryl/α,β-unsaturated/α-hetero) is 1. The van der Waals surface area contributed by atoms with E-state index >= 15 is 0 Å². The predicted octanol–water partition coefficient (Wildman–Crippen LogP) is 1.69. The van der Waals surface area contributed by atoms with E-state index < -0.39 is 11.2 Å². The lowest BCUT2D eigenvalue weighted by Gasteiger charge is -2.29. The summed E-state index contributed by atoms with van der Waals surface area (Å²) in [6.07, 6.45) is 0.711. The molecule has 1 saturated heterocycles. The van der Waals surface area contributed by atoms with Gasteiger partial charge >= 0.3 is 5.97 Å². The summed E-state index contributed by atoms with van der Waals surface area (Å²) in [4.78, 5) is 23.2. The fourth-order valence-electron chi connectivity index (χ4n) is 1.74. The zero-order valence-electron chi connectivity index (χ0n) is 11.6. The molecular weight excluding hydrogens is 236 g/mol. The second-order valence-electron chi connectivity index (χ2n) is 5.53. The van der Waals surface area contributed by atoms with Crippen LogP contribution in [0, 0.1) is 5.41 Å². The highest BCUT2D eigenvalue weighted by Gasteiger charge is 2.41. The second-order valence-corrected chi connectivity index (χ2v) is 5.53. The first-order valence-electron chi connectivity index (χ1n) is 6.17. The molecule has 18 heavy (non-hydrogen) atoms. The van der Waals surface area contributed by atoms with Gasteiger partial charge in [-0.05, 0) is 0 Å². The summed E-state index contributed by atoms with van der Waals surface area (Å²) in [6.45, 7) is 6.49. The monoisotopic (exact) mass is 258 g/mol. The number of ether oxygens (including phenoxy) is 3. The highest BCUT2D eigenvalue weighted by Crippen LogP contribution is 2.32. The minimum atomic E-state index is -0.946. The van der Waals surface area contributed by atoms with Gasteiger partial charge in [0.25, 0.3) is 0 Å². The molecule has 0 atom stereocenters. The van der Waals surface area contributed by atoms with Crippen molar-refractivity contribution in [1.29, 1.82) is 0 Å². The Hall–Kier alpha value is -0.940. The van der Waals surface area contributed by atoms with Crippen molar-refractivity contribution >= 4 is 11.8 Å². The van der Waals surface area contributed by atoms with Crippen LogP contribution >= 0.6 is 0 Å². The van der Waals surface area contributed by atoms with Crippen molar-refractivity contribution in [2.24, 2.45) is 5.41 Å². The fourth-order valence-corrected chi connectivity index (χ4v) is 1.74. The van der Waals surface area contributed by atoms with Crippen molar-refractivity contribution in [2.75, 3.05) is 20.3 Å². The molecule has 0 N–H and O–H groups in total. The number of hydrogen-bond acceptors (Lipinski definition) is 5. The molecule has 0 bridgehead atoms. The van der Waals surface area contributed by atoms with E-state index in [-0.39, 0.29) is 24.6 Å². The Kier molecular flexibility index (Phi) is 4.87. The lowest BCUT2D eigenvalue weighted by atomic mass is 9.86. The molecule has 1 fully saturated rings. The first kappa shape index (κ1) is 15.1. The van der Waals surface area contributed by atoms with Crippen molar-refractivity contribution in [3.05, 3.63) is 0 Å². The second kappa shape index (κ2) is 5.80. The van der Waals surface area contributed by atoms with Crippen molar-refractivity contribution in [1.82, 2.24) is 0 Å². The van der Waals surface area contributed by atoms with Gasteiger partial charge in [-0.25, -0.2) is 0 Å². The lowest BCUT2D eigenvalue weighted by molar-refractivity contribution is -0.180. The molecule has 1 aliphatic rings. The van der Waals surface area contributed by atoms with Crippen molar-refractivity contribution in [2.45, 2.75) is 45.8 Å². The topological polar surface area (TPSA) is 61.8 Å². The van der Waals surface area contributed by atoms with Gasteiger partial charge in [-0.3, -0.25) is 9.59 Å². The molecule has 0 aromatic heterocycles. The zero-order valence-corrected chi connectivity index (χ0v) is 11.6. The van der Waals surface area contributed by atoms with E-state index in [9.17, 15) is 9.59 Å². The third kappa shape index (κ3) is 4.07. The van der Waals surface area contributed by atoms with Crippen molar-refractivity contribution < 1.29 is 23.8 Å². The van der Waals surface area contributed by atoms with Gasteiger partial charge in [-0.2, -0.15) is 0 Å². The van der Waals surface area contributed by atoms with Crippen LogP contribution in [-0.4, -0.2) is 37.9 Å². The van der Waals surface area contributed by atoms with Crippen LogP contribution in [-0.2, 0) is 23.8 Å². The quantitative estimate of drug-likeness (QED) is 0.702. The molecule has 0 amide bonds. The average molecular weight is 258 g/mol. The molecule has 0 saturated carbocycles. The fraction of sp³-hybridized carbons (Fsp3) is 0.846. The molecule has 0 aliphatic carbocycles. The van der Waals surface area contributed by atoms with E-state index in [2.05, 4.69) is 4.74 Å². The maximum absolute atomic E-state index is 12.1. The third-order valence-corrected chi connectivity index (χ3v) is 3.02. The van der Waals surface area contributed by atoms with Gasteiger partial charge in [0, 0.05) is 11.8 Å². The summed E-state index contributed by atoms with van der Waals surface area (Å²) in [7, 11) is 1.34. The summed E-state index contributed by atoms with van der Waals surface area (Å²) in [5, 5.41) is 0.